The molecule has 1 aliphatic rings. The van der Waals surface area contributed by atoms with Gasteiger partial charge in [-0.25, -0.2) is 0 Å². The molecule has 0 aromatic heterocycles. The van der Waals surface area contributed by atoms with Crippen molar-refractivity contribution in [2.24, 2.45) is 0 Å². The molecule has 0 spiro atoms. The molecule has 102 valence electrons. The van der Waals surface area contributed by atoms with Crippen molar-refractivity contribution in [2.75, 3.05) is 16.8 Å². The molecule has 0 saturated heterocycles. The van der Waals surface area contributed by atoms with Crippen LogP contribution in [0.3, 0.4) is 0 Å². The minimum atomic E-state index is 0.0872. The number of hydrogen-bond donors (Lipinski definition) is 1. The van der Waals surface area contributed by atoms with E-state index in [0.717, 1.165) is 24.5 Å². The van der Waals surface area contributed by atoms with E-state index in [4.69, 9.17) is 0 Å². The summed E-state index contributed by atoms with van der Waals surface area (Å²) in [5, 5.41) is 2.97. The SMILES string of the molecule is Cc1cccc(CN2CCC(=O)Nc3ccccc32)c1. The van der Waals surface area contributed by atoms with E-state index < -0.39 is 0 Å². The zero-order valence-corrected chi connectivity index (χ0v) is 11.6. The van der Waals surface area contributed by atoms with Crippen molar-refractivity contribution >= 4 is 17.3 Å². The van der Waals surface area contributed by atoms with Crippen molar-refractivity contribution in [1.82, 2.24) is 0 Å². The van der Waals surface area contributed by atoms with Crippen LogP contribution in [-0.4, -0.2) is 12.5 Å². The van der Waals surface area contributed by atoms with Gasteiger partial charge in [-0.05, 0) is 24.6 Å². The van der Waals surface area contributed by atoms with E-state index >= 15 is 0 Å². The standard InChI is InChI=1S/C17H18N2O/c1-13-5-4-6-14(11-13)12-19-10-9-17(20)18-15-7-2-3-8-16(15)19/h2-8,11H,9-10,12H2,1H3,(H,18,20). The molecule has 0 saturated carbocycles. The summed E-state index contributed by atoms with van der Waals surface area (Å²) in [6.07, 6.45) is 0.528. The minimum Gasteiger partial charge on any atom is -0.365 e. The van der Waals surface area contributed by atoms with E-state index in [2.05, 4.69) is 47.5 Å². The zero-order valence-electron chi connectivity index (χ0n) is 11.6. The molecule has 0 radical (unpaired) electrons. The van der Waals surface area contributed by atoms with Crippen molar-refractivity contribution in [3.05, 3.63) is 59.7 Å². The van der Waals surface area contributed by atoms with Crippen LogP contribution < -0.4 is 10.2 Å². The van der Waals surface area contributed by atoms with Crippen LogP contribution in [0.5, 0.6) is 0 Å². The van der Waals surface area contributed by atoms with Crippen molar-refractivity contribution in [3.63, 3.8) is 0 Å². The average Bonchev–Trinajstić information content (AvgIpc) is 2.59. The second-order valence-corrected chi connectivity index (χ2v) is 5.23. The molecule has 2 aromatic carbocycles. The summed E-state index contributed by atoms with van der Waals surface area (Å²) in [6, 6.07) is 16.5. The number of nitrogens with one attached hydrogen (secondary N) is 1. The quantitative estimate of drug-likeness (QED) is 0.904. The zero-order chi connectivity index (χ0) is 13.9. The molecule has 1 heterocycles. The van der Waals surface area contributed by atoms with Crippen LogP contribution in [0.2, 0.25) is 0 Å². The third kappa shape index (κ3) is 2.67. The van der Waals surface area contributed by atoms with Crippen molar-refractivity contribution in [1.29, 1.82) is 0 Å². The van der Waals surface area contributed by atoms with Crippen molar-refractivity contribution in [3.8, 4) is 0 Å². The number of rotatable bonds is 2. The van der Waals surface area contributed by atoms with Crippen LogP contribution in [-0.2, 0) is 11.3 Å². The Balaban J connectivity index is 1.91. The highest BCUT2D eigenvalue weighted by Gasteiger charge is 2.18. The van der Waals surface area contributed by atoms with Gasteiger partial charge in [0.25, 0.3) is 0 Å². The Morgan fingerprint density at radius 1 is 1.15 bits per heavy atom. The maximum absolute atomic E-state index is 11.8. The summed E-state index contributed by atoms with van der Waals surface area (Å²) in [5.74, 6) is 0.0872. The number of nitrogens with zero attached hydrogens (tertiary/aromatic N) is 1. The lowest BCUT2D eigenvalue weighted by Gasteiger charge is -2.24. The first-order valence-electron chi connectivity index (χ1n) is 6.92. The van der Waals surface area contributed by atoms with Crippen LogP contribution in [0.25, 0.3) is 0 Å². The van der Waals surface area contributed by atoms with E-state index in [1.54, 1.807) is 0 Å². The Labute approximate surface area is 119 Å². The summed E-state index contributed by atoms with van der Waals surface area (Å²) >= 11 is 0. The van der Waals surface area contributed by atoms with Gasteiger partial charge in [0.15, 0.2) is 0 Å². The van der Waals surface area contributed by atoms with Crippen molar-refractivity contribution < 1.29 is 4.79 Å². The lowest BCUT2D eigenvalue weighted by molar-refractivity contribution is -0.115. The van der Waals surface area contributed by atoms with Gasteiger partial charge in [-0.3, -0.25) is 4.79 Å². The molecule has 3 nitrogen and oxygen atoms in total. The number of carbonyl (C=O) groups is 1. The topological polar surface area (TPSA) is 32.3 Å². The first kappa shape index (κ1) is 12.7. The van der Waals surface area contributed by atoms with Gasteiger partial charge in [-0.1, -0.05) is 42.0 Å². The van der Waals surface area contributed by atoms with Gasteiger partial charge in [-0.2, -0.15) is 0 Å². The third-order valence-electron chi connectivity index (χ3n) is 3.58. The summed E-state index contributed by atoms with van der Waals surface area (Å²) in [4.78, 5) is 14.0. The van der Waals surface area contributed by atoms with E-state index in [9.17, 15) is 4.79 Å². The fourth-order valence-electron chi connectivity index (χ4n) is 2.62. The highest BCUT2D eigenvalue weighted by molar-refractivity contribution is 5.96. The molecule has 3 heteroatoms. The number of benzene rings is 2. The molecular weight excluding hydrogens is 248 g/mol. The fourth-order valence-corrected chi connectivity index (χ4v) is 2.62. The fraction of sp³-hybridized carbons (Fsp3) is 0.235. The molecule has 0 bridgehead atoms. The monoisotopic (exact) mass is 266 g/mol. The largest absolute Gasteiger partial charge is 0.365 e. The summed E-state index contributed by atoms with van der Waals surface area (Å²) < 4.78 is 0. The second-order valence-electron chi connectivity index (χ2n) is 5.23. The molecule has 0 aliphatic carbocycles. The smallest absolute Gasteiger partial charge is 0.226 e. The molecule has 2 aromatic rings. The van der Waals surface area contributed by atoms with E-state index in [-0.39, 0.29) is 5.91 Å². The molecule has 20 heavy (non-hydrogen) atoms. The van der Waals surface area contributed by atoms with Crippen LogP contribution in [0.1, 0.15) is 17.5 Å². The van der Waals surface area contributed by atoms with Gasteiger partial charge in [-0.15, -0.1) is 0 Å². The Kier molecular flexibility index (Phi) is 3.42. The molecule has 0 fully saturated rings. The number of fused-ring (bicyclic) bond motifs is 1. The maximum Gasteiger partial charge on any atom is 0.226 e. The normalized spacial score (nSPS) is 14.4. The third-order valence-corrected chi connectivity index (χ3v) is 3.58. The number of carbonyl (C=O) groups excluding carboxylic acids is 1. The van der Waals surface area contributed by atoms with E-state index in [1.165, 1.54) is 11.1 Å². The summed E-state index contributed by atoms with van der Waals surface area (Å²) in [7, 11) is 0. The average molecular weight is 266 g/mol. The summed E-state index contributed by atoms with van der Waals surface area (Å²) in [5.41, 5.74) is 4.54. The molecular formula is C17H18N2O. The molecule has 1 N–H and O–H groups in total. The molecule has 1 aliphatic heterocycles. The highest BCUT2D eigenvalue weighted by atomic mass is 16.1. The first-order valence-corrected chi connectivity index (χ1v) is 6.92. The first-order chi connectivity index (χ1) is 9.72. The minimum absolute atomic E-state index is 0.0872. The summed E-state index contributed by atoms with van der Waals surface area (Å²) in [6.45, 7) is 3.68. The van der Waals surface area contributed by atoms with Gasteiger partial charge in [0, 0.05) is 19.5 Å². The lowest BCUT2D eigenvalue weighted by Crippen LogP contribution is -2.24. The molecule has 0 unspecified atom stereocenters. The van der Waals surface area contributed by atoms with Gasteiger partial charge in [0.1, 0.15) is 0 Å². The molecule has 1 amide bonds. The van der Waals surface area contributed by atoms with E-state index in [1.807, 2.05) is 18.2 Å². The van der Waals surface area contributed by atoms with E-state index in [0.29, 0.717) is 6.42 Å². The van der Waals surface area contributed by atoms with Gasteiger partial charge in [0.05, 0.1) is 11.4 Å². The van der Waals surface area contributed by atoms with Crippen LogP contribution in [0.15, 0.2) is 48.5 Å². The number of anilines is 2. The highest BCUT2D eigenvalue weighted by Crippen LogP contribution is 2.29. The Hall–Kier alpha value is -2.29. The van der Waals surface area contributed by atoms with Crippen LogP contribution in [0.4, 0.5) is 11.4 Å². The van der Waals surface area contributed by atoms with Crippen LogP contribution >= 0.6 is 0 Å². The Morgan fingerprint density at radius 2 is 2.00 bits per heavy atom. The van der Waals surface area contributed by atoms with Gasteiger partial charge < -0.3 is 10.2 Å². The van der Waals surface area contributed by atoms with Gasteiger partial charge >= 0.3 is 0 Å². The predicted molar refractivity (Wildman–Crippen MR) is 81.9 cm³/mol. The second kappa shape index (κ2) is 5.37. The Morgan fingerprint density at radius 3 is 2.85 bits per heavy atom. The maximum atomic E-state index is 11.8. The van der Waals surface area contributed by atoms with Gasteiger partial charge in [0.2, 0.25) is 5.91 Å². The number of amides is 1. The van der Waals surface area contributed by atoms with Crippen molar-refractivity contribution in [2.45, 2.75) is 19.9 Å². The molecule has 0 atom stereocenters. The predicted octanol–water partition coefficient (Wildman–Crippen LogP) is 3.34. The number of para-hydroxylation sites is 2. The number of hydrogen-bond acceptors (Lipinski definition) is 2. The lowest BCUT2D eigenvalue weighted by atomic mass is 10.1. The van der Waals surface area contributed by atoms with Crippen LogP contribution in [0, 0.1) is 6.92 Å². The Bertz CT molecular complexity index is 636. The number of aryl methyl sites for hydroxylation is 1. The molecule has 3 rings (SSSR count).